The van der Waals surface area contributed by atoms with Gasteiger partial charge in [0.05, 0.1) is 17.6 Å². The Morgan fingerprint density at radius 1 is 1.26 bits per heavy atom. The minimum absolute atomic E-state index is 0.541. The summed E-state index contributed by atoms with van der Waals surface area (Å²) in [5.41, 5.74) is 5.07. The van der Waals surface area contributed by atoms with E-state index < -0.39 is 0 Å². The van der Waals surface area contributed by atoms with Crippen molar-refractivity contribution < 1.29 is 0 Å². The highest BCUT2D eigenvalue weighted by atomic mass is 35.5. The normalized spacial score (nSPS) is 10.7. The van der Waals surface area contributed by atoms with E-state index in [2.05, 4.69) is 44.3 Å². The average molecular weight is 329 g/mol. The number of halogens is 1. The van der Waals surface area contributed by atoms with E-state index in [1.165, 1.54) is 0 Å². The van der Waals surface area contributed by atoms with Gasteiger partial charge in [0.15, 0.2) is 0 Å². The van der Waals surface area contributed by atoms with Gasteiger partial charge in [-0.05, 0) is 42.0 Å². The number of aromatic nitrogens is 4. The molecule has 0 fully saturated rings. The fourth-order valence-electron chi connectivity index (χ4n) is 2.32. The maximum atomic E-state index is 5.58. The van der Waals surface area contributed by atoms with Crippen LogP contribution in [0.3, 0.4) is 0 Å². The van der Waals surface area contributed by atoms with Gasteiger partial charge in [-0.3, -0.25) is 4.68 Å². The average Bonchev–Trinajstić information content (AvgIpc) is 2.95. The quantitative estimate of drug-likeness (QED) is 0.704. The van der Waals surface area contributed by atoms with E-state index in [-0.39, 0.29) is 0 Å². The van der Waals surface area contributed by atoms with Gasteiger partial charge >= 0.3 is 0 Å². The summed E-state index contributed by atoms with van der Waals surface area (Å²) in [5.74, 6) is 0.541. The molecule has 0 saturated carbocycles. The van der Waals surface area contributed by atoms with Crippen molar-refractivity contribution in [2.45, 2.75) is 13.5 Å². The van der Waals surface area contributed by atoms with E-state index >= 15 is 0 Å². The summed E-state index contributed by atoms with van der Waals surface area (Å²) in [6.07, 6.45) is 5.34. The Morgan fingerprint density at radius 2 is 2.13 bits per heavy atom. The molecule has 0 atom stereocenters. The Hall–Kier alpha value is -2.44. The zero-order chi connectivity index (χ0) is 16.2. The molecule has 0 aliphatic heterocycles. The van der Waals surface area contributed by atoms with Gasteiger partial charge in [-0.15, -0.1) is 0 Å². The third-order valence-corrected chi connectivity index (χ3v) is 3.65. The molecule has 0 aliphatic rings. The molecular formula is C16H17ClN6. The highest BCUT2D eigenvalue weighted by Gasteiger charge is 2.06. The molecule has 0 unspecified atom stereocenters. The zero-order valence-electron chi connectivity index (χ0n) is 12.9. The molecule has 3 rings (SSSR count). The van der Waals surface area contributed by atoms with Crippen molar-refractivity contribution in [1.82, 2.24) is 24.6 Å². The van der Waals surface area contributed by atoms with E-state index in [0.717, 1.165) is 28.1 Å². The predicted octanol–water partition coefficient (Wildman–Crippen LogP) is 3.17. The van der Waals surface area contributed by atoms with Gasteiger partial charge in [0.1, 0.15) is 0 Å². The standard InChI is InChI=1S/C16H17ClN6/c1-11-7-12(3-4-13(11)8-19-17)15-5-6-18-16(22-15)21-14-9-20-23(2)10-14/h3-7,9-10,19H,8H2,1-2H3,(H,18,21,22). The minimum Gasteiger partial charge on any atom is -0.321 e. The summed E-state index contributed by atoms with van der Waals surface area (Å²) < 4.78 is 1.72. The third kappa shape index (κ3) is 3.67. The minimum atomic E-state index is 0.541. The van der Waals surface area contributed by atoms with Crippen LogP contribution in [-0.4, -0.2) is 19.7 Å². The Labute approximate surface area is 139 Å². The maximum absolute atomic E-state index is 5.58. The first-order chi connectivity index (χ1) is 11.2. The summed E-state index contributed by atoms with van der Waals surface area (Å²) in [6, 6.07) is 8.07. The van der Waals surface area contributed by atoms with Gasteiger partial charge in [0.2, 0.25) is 5.95 Å². The second-order valence-electron chi connectivity index (χ2n) is 5.24. The molecule has 2 heterocycles. The second-order valence-corrected chi connectivity index (χ2v) is 5.51. The van der Waals surface area contributed by atoms with Gasteiger partial charge in [-0.1, -0.05) is 12.1 Å². The molecule has 118 valence electrons. The molecular weight excluding hydrogens is 312 g/mol. The maximum Gasteiger partial charge on any atom is 0.227 e. The Balaban J connectivity index is 1.86. The number of aryl methyl sites for hydroxylation is 2. The highest BCUT2D eigenvalue weighted by Crippen LogP contribution is 2.22. The van der Waals surface area contributed by atoms with Crippen LogP contribution in [0.2, 0.25) is 0 Å². The molecule has 0 aliphatic carbocycles. The van der Waals surface area contributed by atoms with Crippen molar-refractivity contribution in [2.24, 2.45) is 7.05 Å². The molecule has 0 spiro atoms. The van der Waals surface area contributed by atoms with Crippen molar-refractivity contribution in [3.05, 3.63) is 54.0 Å². The van der Waals surface area contributed by atoms with Crippen LogP contribution in [0.5, 0.6) is 0 Å². The lowest BCUT2D eigenvalue weighted by Gasteiger charge is -2.08. The number of nitrogens with one attached hydrogen (secondary N) is 2. The third-order valence-electron chi connectivity index (χ3n) is 3.51. The summed E-state index contributed by atoms with van der Waals surface area (Å²) in [4.78, 5) is 11.5. The Bertz CT molecular complexity index is 814. The Kier molecular flexibility index (Phi) is 4.55. The lowest BCUT2D eigenvalue weighted by molar-refractivity contribution is 0.768. The second kappa shape index (κ2) is 6.76. The van der Waals surface area contributed by atoms with Crippen LogP contribution in [0.15, 0.2) is 42.9 Å². The first kappa shape index (κ1) is 15.5. The van der Waals surface area contributed by atoms with Crippen molar-refractivity contribution in [3.63, 3.8) is 0 Å². The number of hydrogen-bond donors (Lipinski definition) is 2. The SMILES string of the molecule is Cc1cc(-c2ccnc(Nc3cnn(C)c3)n2)ccc1CNCl. The summed E-state index contributed by atoms with van der Waals surface area (Å²) in [7, 11) is 1.86. The number of benzene rings is 1. The summed E-state index contributed by atoms with van der Waals surface area (Å²) >= 11 is 5.58. The molecule has 3 aromatic rings. The Morgan fingerprint density at radius 3 is 2.83 bits per heavy atom. The number of anilines is 2. The molecule has 0 amide bonds. The van der Waals surface area contributed by atoms with E-state index in [0.29, 0.717) is 12.5 Å². The number of rotatable bonds is 5. The molecule has 23 heavy (non-hydrogen) atoms. The fourth-order valence-corrected chi connectivity index (χ4v) is 2.46. The molecule has 1 aromatic carbocycles. The van der Waals surface area contributed by atoms with E-state index in [4.69, 9.17) is 11.8 Å². The van der Waals surface area contributed by atoms with Crippen molar-refractivity contribution in [1.29, 1.82) is 0 Å². The fraction of sp³-hybridized carbons (Fsp3) is 0.188. The largest absolute Gasteiger partial charge is 0.321 e. The van der Waals surface area contributed by atoms with Crippen LogP contribution in [0.4, 0.5) is 11.6 Å². The molecule has 2 N–H and O–H groups in total. The van der Waals surface area contributed by atoms with E-state index in [9.17, 15) is 0 Å². The van der Waals surface area contributed by atoms with E-state index in [1.54, 1.807) is 17.1 Å². The van der Waals surface area contributed by atoms with E-state index in [1.807, 2.05) is 25.4 Å². The first-order valence-corrected chi connectivity index (χ1v) is 7.55. The molecule has 0 radical (unpaired) electrons. The zero-order valence-corrected chi connectivity index (χ0v) is 13.7. The monoisotopic (exact) mass is 328 g/mol. The lowest BCUT2D eigenvalue weighted by Crippen LogP contribution is -2.01. The van der Waals surface area contributed by atoms with Gasteiger partial charge in [0.25, 0.3) is 0 Å². The lowest BCUT2D eigenvalue weighted by atomic mass is 10.0. The van der Waals surface area contributed by atoms with Crippen LogP contribution >= 0.6 is 11.8 Å². The highest BCUT2D eigenvalue weighted by molar-refractivity contribution is 6.13. The molecule has 0 bridgehead atoms. The van der Waals surface area contributed by atoms with Gasteiger partial charge in [0, 0.05) is 31.5 Å². The van der Waals surface area contributed by atoms with Crippen molar-refractivity contribution in [2.75, 3.05) is 5.32 Å². The molecule has 6 nitrogen and oxygen atoms in total. The molecule has 7 heteroatoms. The van der Waals surface area contributed by atoms with Gasteiger partial charge < -0.3 is 5.32 Å². The number of nitrogens with zero attached hydrogens (tertiary/aromatic N) is 4. The van der Waals surface area contributed by atoms with Crippen LogP contribution in [-0.2, 0) is 13.6 Å². The van der Waals surface area contributed by atoms with Crippen LogP contribution < -0.4 is 10.2 Å². The predicted molar refractivity (Wildman–Crippen MR) is 91.4 cm³/mol. The van der Waals surface area contributed by atoms with Crippen LogP contribution in [0.25, 0.3) is 11.3 Å². The summed E-state index contributed by atoms with van der Waals surface area (Å²) in [5, 5.41) is 7.26. The van der Waals surface area contributed by atoms with Crippen LogP contribution in [0, 0.1) is 6.92 Å². The smallest absolute Gasteiger partial charge is 0.227 e. The molecule has 2 aromatic heterocycles. The van der Waals surface area contributed by atoms with Crippen molar-refractivity contribution in [3.8, 4) is 11.3 Å². The topological polar surface area (TPSA) is 67.7 Å². The summed E-state index contributed by atoms with van der Waals surface area (Å²) in [6.45, 7) is 2.69. The van der Waals surface area contributed by atoms with Gasteiger partial charge in [-0.25, -0.2) is 14.8 Å². The van der Waals surface area contributed by atoms with Gasteiger partial charge in [-0.2, -0.15) is 5.10 Å². The van der Waals surface area contributed by atoms with Crippen LogP contribution in [0.1, 0.15) is 11.1 Å². The first-order valence-electron chi connectivity index (χ1n) is 7.18. The van der Waals surface area contributed by atoms with Crippen molar-refractivity contribution >= 4 is 23.4 Å². The number of hydrogen-bond acceptors (Lipinski definition) is 5. The molecule has 0 saturated heterocycles.